The van der Waals surface area contributed by atoms with E-state index in [0.29, 0.717) is 13.1 Å². The van der Waals surface area contributed by atoms with Crippen LogP contribution in [0, 0.1) is 5.82 Å². The second-order valence-electron chi connectivity index (χ2n) is 6.39. The molecule has 1 unspecified atom stereocenters. The fraction of sp³-hybridized carbons (Fsp3) is 0.556. The molecule has 1 aliphatic heterocycles. The first-order valence-electron chi connectivity index (χ1n) is 9.47. The van der Waals surface area contributed by atoms with E-state index in [0.717, 1.165) is 29.5 Å². The molecule has 2 rings (SSSR count). The molecule has 0 bridgehead atoms. The molecule has 11 heteroatoms. The molecule has 29 heavy (non-hydrogen) atoms. The molecule has 1 aliphatic rings. The van der Waals surface area contributed by atoms with E-state index in [9.17, 15) is 22.4 Å². The minimum Gasteiger partial charge on any atom is -0.359 e. The normalized spacial score (nSPS) is 17.4. The number of hydrogen-bond acceptors (Lipinski definition) is 6. The minimum atomic E-state index is -3.92. The summed E-state index contributed by atoms with van der Waals surface area (Å²) in [6.07, 6.45) is -0.947. The molecule has 1 heterocycles. The molecule has 1 fully saturated rings. The van der Waals surface area contributed by atoms with Gasteiger partial charge in [0.25, 0.3) is 0 Å². The van der Waals surface area contributed by atoms with Gasteiger partial charge in [0, 0.05) is 19.6 Å². The highest BCUT2D eigenvalue weighted by Crippen LogP contribution is 2.22. The summed E-state index contributed by atoms with van der Waals surface area (Å²) in [5.41, 5.74) is 0. The maximum Gasteiger partial charge on any atom is 0.309 e. The van der Waals surface area contributed by atoms with E-state index in [1.54, 1.807) is 0 Å². The Morgan fingerprint density at radius 2 is 1.79 bits per heavy atom. The van der Waals surface area contributed by atoms with E-state index >= 15 is 0 Å². The van der Waals surface area contributed by atoms with Crippen molar-refractivity contribution in [1.82, 2.24) is 19.8 Å². The van der Waals surface area contributed by atoms with Crippen molar-refractivity contribution in [3.05, 3.63) is 30.1 Å². The second-order valence-corrected chi connectivity index (χ2v) is 8.28. The van der Waals surface area contributed by atoms with Gasteiger partial charge < -0.3 is 20.3 Å². The Bertz CT molecular complexity index is 799. The Labute approximate surface area is 170 Å². The van der Waals surface area contributed by atoms with Crippen LogP contribution in [0.15, 0.2) is 29.2 Å². The number of benzene rings is 1. The second kappa shape index (κ2) is 10.6. The lowest BCUT2D eigenvalue weighted by Gasteiger charge is -2.23. The standard InChI is InChI=1S/C18H27FN4O5S/c1-3-22(4-2)10-9-20-17(24)18(25)21-13-16-23(11-12-28-16)29(26,27)15-7-5-14(19)6-8-15/h5-8,16H,3-4,9-13H2,1-2H3,(H,20,24)(H,21,25). The highest BCUT2D eigenvalue weighted by Gasteiger charge is 2.36. The Kier molecular flexibility index (Phi) is 8.50. The van der Waals surface area contributed by atoms with Gasteiger partial charge in [-0.2, -0.15) is 4.31 Å². The highest BCUT2D eigenvalue weighted by atomic mass is 32.2. The Hall–Kier alpha value is -2.08. The average Bonchev–Trinajstić information content (AvgIpc) is 3.19. The van der Waals surface area contributed by atoms with Crippen molar-refractivity contribution in [1.29, 1.82) is 0 Å². The number of amides is 2. The number of halogens is 1. The van der Waals surface area contributed by atoms with Crippen molar-refractivity contribution < 1.29 is 27.1 Å². The van der Waals surface area contributed by atoms with E-state index in [4.69, 9.17) is 4.74 Å². The predicted molar refractivity (Wildman–Crippen MR) is 104 cm³/mol. The van der Waals surface area contributed by atoms with Crippen LogP contribution in [0.3, 0.4) is 0 Å². The largest absolute Gasteiger partial charge is 0.359 e. The average molecular weight is 431 g/mol. The monoisotopic (exact) mass is 430 g/mol. The third-order valence-electron chi connectivity index (χ3n) is 4.61. The van der Waals surface area contributed by atoms with Crippen LogP contribution in [-0.4, -0.2) is 81.5 Å². The lowest BCUT2D eigenvalue weighted by atomic mass is 10.4. The van der Waals surface area contributed by atoms with Crippen LogP contribution in [-0.2, 0) is 24.3 Å². The Morgan fingerprint density at radius 1 is 1.17 bits per heavy atom. The molecule has 0 aliphatic carbocycles. The van der Waals surface area contributed by atoms with Crippen LogP contribution in [0.25, 0.3) is 0 Å². The summed E-state index contributed by atoms with van der Waals surface area (Å²) in [6.45, 7) is 6.72. The molecule has 0 saturated carbocycles. The third kappa shape index (κ3) is 6.20. The zero-order valence-corrected chi connectivity index (χ0v) is 17.4. The molecular formula is C18H27FN4O5S. The van der Waals surface area contributed by atoms with Gasteiger partial charge in [-0.15, -0.1) is 0 Å². The Morgan fingerprint density at radius 3 is 2.41 bits per heavy atom. The first kappa shape index (κ1) is 23.2. The van der Waals surface area contributed by atoms with E-state index < -0.39 is 33.9 Å². The third-order valence-corrected chi connectivity index (χ3v) is 6.52. The van der Waals surface area contributed by atoms with E-state index in [-0.39, 0.29) is 24.6 Å². The summed E-state index contributed by atoms with van der Waals surface area (Å²) in [4.78, 5) is 25.9. The van der Waals surface area contributed by atoms with Crippen LogP contribution >= 0.6 is 0 Å². The molecule has 1 atom stereocenters. The molecule has 0 radical (unpaired) electrons. The summed E-state index contributed by atoms with van der Waals surface area (Å²) in [7, 11) is -3.92. The van der Waals surface area contributed by atoms with Gasteiger partial charge in [0.2, 0.25) is 10.0 Å². The van der Waals surface area contributed by atoms with Crippen molar-refractivity contribution >= 4 is 21.8 Å². The first-order chi connectivity index (χ1) is 13.8. The molecule has 0 aromatic heterocycles. The van der Waals surface area contributed by atoms with E-state index in [1.807, 2.05) is 13.8 Å². The Balaban J connectivity index is 1.88. The van der Waals surface area contributed by atoms with Crippen LogP contribution in [0.4, 0.5) is 4.39 Å². The van der Waals surface area contributed by atoms with Gasteiger partial charge in [0.1, 0.15) is 12.0 Å². The number of nitrogens with one attached hydrogen (secondary N) is 2. The number of carbonyl (C=O) groups is 2. The molecule has 9 nitrogen and oxygen atoms in total. The number of sulfonamides is 1. The smallest absolute Gasteiger partial charge is 0.309 e. The van der Waals surface area contributed by atoms with Crippen molar-refractivity contribution in [2.45, 2.75) is 25.0 Å². The van der Waals surface area contributed by atoms with Crippen molar-refractivity contribution in [2.75, 3.05) is 45.9 Å². The van der Waals surface area contributed by atoms with Gasteiger partial charge in [-0.25, -0.2) is 12.8 Å². The molecule has 1 aromatic rings. The zero-order chi connectivity index (χ0) is 21.4. The first-order valence-corrected chi connectivity index (χ1v) is 10.9. The van der Waals surface area contributed by atoms with Gasteiger partial charge in [0.05, 0.1) is 18.0 Å². The number of nitrogens with zero attached hydrogens (tertiary/aromatic N) is 2. The van der Waals surface area contributed by atoms with Gasteiger partial charge in [-0.3, -0.25) is 9.59 Å². The lowest BCUT2D eigenvalue weighted by Crippen LogP contribution is -2.48. The van der Waals surface area contributed by atoms with Crippen LogP contribution in [0.5, 0.6) is 0 Å². The van der Waals surface area contributed by atoms with Crippen LogP contribution in [0.2, 0.25) is 0 Å². The fourth-order valence-corrected chi connectivity index (χ4v) is 4.40. The molecule has 0 spiro atoms. The quantitative estimate of drug-likeness (QED) is 0.523. The maximum absolute atomic E-state index is 13.1. The van der Waals surface area contributed by atoms with Gasteiger partial charge >= 0.3 is 11.8 Å². The summed E-state index contributed by atoms with van der Waals surface area (Å²) in [6, 6.07) is 4.45. The number of carbonyl (C=O) groups excluding carboxylic acids is 2. The molecule has 2 N–H and O–H groups in total. The SMILES string of the molecule is CCN(CC)CCNC(=O)C(=O)NCC1OCCN1S(=O)(=O)c1ccc(F)cc1. The fourth-order valence-electron chi connectivity index (χ4n) is 2.89. The molecule has 2 amide bonds. The van der Waals surface area contributed by atoms with E-state index in [2.05, 4.69) is 15.5 Å². The number of ether oxygens (including phenoxy) is 1. The van der Waals surface area contributed by atoms with Gasteiger partial charge in [0.15, 0.2) is 0 Å². The van der Waals surface area contributed by atoms with Crippen LogP contribution < -0.4 is 10.6 Å². The number of rotatable bonds is 9. The van der Waals surface area contributed by atoms with Crippen molar-refractivity contribution in [3.8, 4) is 0 Å². The topological polar surface area (TPSA) is 108 Å². The van der Waals surface area contributed by atoms with Crippen molar-refractivity contribution in [3.63, 3.8) is 0 Å². The molecule has 1 saturated heterocycles. The zero-order valence-electron chi connectivity index (χ0n) is 16.6. The minimum absolute atomic E-state index is 0.0742. The summed E-state index contributed by atoms with van der Waals surface area (Å²) in [5, 5.41) is 4.93. The summed E-state index contributed by atoms with van der Waals surface area (Å²) in [5.74, 6) is -2.19. The summed E-state index contributed by atoms with van der Waals surface area (Å²) < 4.78 is 45.0. The lowest BCUT2D eigenvalue weighted by molar-refractivity contribution is -0.139. The molecule has 162 valence electrons. The number of hydrogen-bond donors (Lipinski definition) is 2. The van der Waals surface area contributed by atoms with Crippen LogP contribution in [0.1, 0.15) is 13.8 Å². The van der Waals surface area contributed by atoms with Crippen molar-refractivity contribution in [2.24, 2.45) is 0 Å². The van der Waals surface area contributed by atoms with E-state index in [1.165, 1.54) is 12.1 Å². The van der Waals surface area contributed by atoms with Gasteiger partial charge in [-0.05, 0) is 37.4 Å². The summed E-state index contributed by atoms with van der Waals surface area (Å²) >= 11 is 0. The number of likely N-dealkylation sites (N-methyl/N-ethyl adjacent to an activating group) is 1. The maximum atomic E-state index is 13.1. The highest BCUT2D eigenvalue weighted by molar-refractivity contribution is 7.89. The van der Waals surface area contributed by atoms with Gasteiger partial charge in [-0.1, -0.05) is 13.8 Å². The molecular weight excluding hydrogens is 403 g/mol. The molecule has 1 aromatic carbocycles. The predicted octanol–water partition coefficient (Wildman–Crippen LogP) is -0.253.